The highest BCUT2D eigenvalue weighted by atomic mass is 35.5. The number of carbonyl (C=O) groups is 2. The molecule has 0 saturated carbocycles. The number of nitrogens with one attached hydrogen (secondary N) is 1. The zero-order valence-corrected chi connectivity index (χ0v) is 15.3. The van der Waals surface area contributed by atoms with Crippen LogP contribution in [0.4, 0.5) is 5.95 Å². The van der Waals surface area contributed by atoms with Gasteiger partial charge < -0.3 is 15.1 Å². The largest absolute Gasteiger partial charge is 0.341 e. The molecule has 0 radical (unpaired) electrons. The molecule has 2 aliphatic heterocycles. The minimum Gasteiger partial charge on any atom is -0.341 e. The monoisotopic (exact) mass is 365 g/mol. The van der Waals surface area contributed by atoms with Crippen LogP contribution in [0, 0.1) is 0 Å². The van der Waals surface area contributed by atoms with Gasteiger partial charge in [-0.25, -0.2) is 9.97 Å². The number of carbonyl (C=O) groups excluding carboxylic acids is 2. The first-order valence-electron chi connectivity index (χ1n) is 8.93. The van der Waals surface area contributed by atoms with Crippen molar-refractivity contribution in [1.82, 2.24) is 20.2 Å². The van der Waals surface area contributed by atoms with Crippen LogP contribution in [-0.4, -0.2) is 58.9 Å². The first kappa shape index (κ1) is 17.9. The van der Waals surface area contributed by atoms with E-state index in [1.807, 2.05) is 9.80 Å². The fourth-order valence-corrected chi connectivity index (χ4v) is 3.48. The van der Waals surface area contributed by atoms with Gasteiger partial charge in [-0.15, -0.1) is 0 Å². The van der Waals surface area contributed by atoms with E-state index in [0.29, 0.717) is 5.95 Å². The summed E-state index contributed by atoms with van der Waals surface area (Å²) in [6.45, 7) is 4.98. The molecule has 25 heavy (non-hydrogen) atoms. The van der Waals surface area contributed by atoms with Crippen LogP contribution in [-0.2, 0) is 4.79 Å². The molecule has 0 aliphatic carbocycles. The summed E-state index contributed by atoms with van der Waals surface area (Å²) in [5.41, 5.74) is 0.122. The summed E-state index contributed by atoms with van der Waals surface area (Å²) in [6.07, 6.45) is 6.82. The second-order valence-electron chi connectivity index (χ2n) is 6.64. The van der Waals surface area contributed by atoms with Crippen molar-refractivity contribution in [1.29, 1.82) is 0 Å². The van der Waals surface area contributed by atoms with Gasteiger partial charge in [-0.1, -0.05) is 11.6 Å². The molecule has 0 unspecified atom stereocenters. The van der Waals surface area contributed by atoms with Crippen molar-refractivity contribution in [2.24, 2.45) is 0 Å². The van der Waals surface area contributed by atoms with Crippen LogP contribution in [0.2, 0.25) is 5.02 Å². The van der Waals surface area contributed by atoms with Crippen LogP contribution in [0.15, 0.2) is 6.20 Å². The fraction of sp³-hybridized carbons (Fsp3) is 0.647. The smallest absolute Gasteiger partial charge is 0.272 e. The van der Waals surface area contributed by atoms with E-state index in [4.69, 9.17) is 11.6 Å². The molecule has 2 fully saturated rings. The average molecular weight is 366 g/mol. The summed E-state index contributed by atoms with van der Waals surface area (Å²) in [7, 11) is 0. The van der Waals surface area contributed by atoms with Crippen molar-refractivity contribution in [2.45, 2.75) is 45.1 Å². The Labute approximate surface area is 152 Å². The Morgan fingerprint density at radius 2 is 1.76 bits per heavy atom. The van der Waals surface area contributed by atoms with Crippen molar-refractivity contribution in [3.8, 4) is 0 Å². The van der Waals surface area contributed by atoms with Crippen LogP contribution in [0.3, 0.4) is 0 Å². The first-order chi connectivity index (χ1) is 12.1. The van der Waals surface area contributed by atoms with Gasteiger partial charge in [0.15, 0.2) is 5.69 Å². The molecule has 1 atom stereocenters. The second-order valence-corrected chi connectivity index (χ2v) is 7.05. The van der Waals surface area contributed by atoms with E-state index in [1.165, 1.54) is 6.20 Å². The van der Waals surface area contributed by atoms with Crippen LogP contribution < -0.4 is 10.2 Å². The van der Waals surface area contributed by atoms with Crippen LogP contribution in [0.5, 0.6) is 0 Å². The zero-order chi connectivity index (χ0) is 17.8. The molecule has 1 aromatic heterocycles. The Morgan fingerprint density at radius 3 is 2.44 bits per heavy atom. The highest BCUT2D eigenvalue weighted by Crippen LogP contribution is 2.20. The molecule has 1 N–H and O–H groups in total. The molecule has 8 heteroatoms. The number of hydrogen-bond acceptors (Lipinski definition) is 5. The zero-order valence-electron chi connectivity index (χ0n) is 14.5. The van der Waals surface area contributed by atoms with Crippen molar-refractivity contribution in [2.75, 3.05) is 31.1 Å². The molecule has 2 saturated heterocycles. The molecular formula is C17H24ClN5O2. The molecular weight excluding hydrogens is 342 g/mol. The predicted molar refractivity (Wildman–Crippen MR) is 95.8 cm³/mol. The van der Waals surface area contributed by atoms with Gasteiger partial charge in [-0.05, 0) is 39.0 Å². The van der Waals surface area contributed by atoms with Gasteiger partial charge in [0.1, 0.15) is 6.04 Å². The van der Waals surface area contributed by atoms with Crippen LogP contribution in [0.25, 0.3) is 0 Å². The van der Waals surface area contributed by atoms with Gasteiger partial charge in [-0.2, -0.15) is 0 Å². The Morgan fingerprint density at radius 1 is 1.12 bits per heavy atom. The van der Waals surface area contributed by atoms with Crippen molar-refractivity contribution >= 4 is 29.4 Å². The maximum absolute atomic E-state index is 12.6. The maximum Gasteiger partial charge on any atom is 0.272 e. The Hall–Kier alpha value is -1.89. The SMILES string of the molecule is C[C@H](NC(=O)c1nc(N2CCCC2)ncc1Cl)C(=O)N1CCCCC1. The summed E-state index contributed by atoms with van der Waals surface area (Å²) in [5, 5.41) is 2.92. The molecule has 2 amide bonds. The van der Waals surface area contributed by atoms with Gasteiger partial charge in [0.25, 0.3) is 5.91 Å². The molecule has 3 rings (SSSR count). The number of nitrogens with zero attached hydrogens (tertiary/aromatic N) is 4. The van der Waals surface area contributed by atoms with E-state index in [-0.39, 0.29) is 16.6 Å². The molecule has 1 aromatic rings. The van der Waals surface area contributed by atoms with E-state index < -0.39 is 11.9 Å². The quantitative estimate of drug-likeness (QED) is 0.881. The first-order valence-corrected chi connectivity index (χ1v) is 9.31. The van der Waals surface area contributed by atoms with Gasteiger partial charge in [-0.3, -0.25) is 9.59 Å². The third-order valence-electron chi connectivity index (χ3n) is 4.72. The highest BCUT2D eigenvalue weighted by Gasteiger charge is 2.26. The van der Waals surface area contributed by atoms with Gasteiger partial charge >= 0.3 is 0 Å². The molecule has 0 spiro atoms. The number of aromatic nitrogens is 2. The third kappa shape index (κ3) is 4.21. The Balaban J connectivity index is 1.67. The lowest BCUT2D eigenvalue weighted by atomic mass is 10.1. The Kier molecular flexibility index (Phi) is 5.73. The third-order valence-corrected chi connectivity index (χ3v) is 5.00. The minimum absolute atomic E-state index is 0.0574. The number of halogens is 1. The maximum atomic E-state index is 12.6. The fourth-order valence-electron chi connectivity index (χ4n) is 3.30. The molecule has 136 valence electrons. The van der Waals surface area contributed by atoms with Gasteiger partial charge in [0, 0.05) is 26.2 Å². The number of piperidine rings is 1. The lowest BCUT2D eigenvalue weighted by Crippen LogP contribution is -2.48. The minimum atomic E-state index is -0.605. The second kappa shape index (κ2) is 7.99. The lowest BCUT2D eigenvalue weighted by molar-refractivity contribution is -0.133. The van der Waals surface area contributed by atoms with E-state index in [0.717, 1.165) is 58.3 Å². The summed E-state index contributed by atoms with van der Waals surface area (Å²) in [4.78, 5) is 37.4. The van der Waals surface area contributed by atoms with Crippen molar-refractivity contribution in [3.63, 3.8) is 0 Å². The van der Waals surface area contributed by atoms with Crippen LogP contribution in [0.1, 0.15) is 49.5 Å². The van der Waals surface area contributed by atoms with Crippen LogP contribution >= 0.6 is 11.6 Å². The van der Waals surface area contributed by atoms with E-state index >= 15 is 0 Å². The van der Waals surface area contributed by atoms with Crippen molar-refractivity contribution in [3.05, 3.63) is 16.9 Å². The lowest BCUT2D eigenvalue weighted by Gasteiger charge is -2.29. The summed E-state index contributed by atoms with van der Waals surface area (Å²) in [6, 6.07) is -0.605. The number of hydrogen-bond donors (Lipinski definition) is 1. The average Bonchev–Trinajstić information content (AvgIpc) is 3.16. The molecule has 7 nitrogen and oxygen atoms in total. The van der Waals surface area contributed by atoms with E-state index in [2.05, 4.69) is 15.3 Å². The Bertz CT molecular complexity index is 642. The van der Waals surface area contributed by atoms with Crippen molar-refractivity contribution < 1.29 is 9.59 Å². The molecule has 0 bridgehead atoms. The number of likely N-dealkylation sites (tertiary alicyclic amines) is 1. The van der Waals surface area contributed by atoms with Gasteiger partial charge in [0.2, 0.25) is 11.9 Å². The number of anilines is 1. The summed E-state index contributed by atoms with van der Waals surface area (Å²) < 4.78 is 0. The number of rotatable bonds is 4. The normalized spacial score (nSPS) is 19.0. The van der Waals surface area contributed by atoms with Gasteiger partial charge in [0.05, 0.1) is 11.2 Å². The summed E-state index contributed by atoms with van der Waals surface area (Å²) in [5.74, 6) is 0.0192. The molecule has 2 aliphatic rings. The highest BCUT2D eigenvalue weighted by molar-refractivity contribution is 6.33. The predicted octanol–water partition coefficient (Wildman–Crippen LogP) is 1.86. The summed E-state index contributed by atoms with van der Waals surface area (Å²) >= 11 is 6.11. The van der Waals surface area contributed by atoms with E-state index in [9.17, 15) is 9.59 Å². The topological polar surface area (TPSA) is 78.4 Å². The standard InChI is InChI=1S/C17H24ClN5O2/c1-12(16(25)22-7-3-2-4-8-22)20-15(24)14-13(18)11-19-17(21-14)23-9-5-6-10-23/h11-12H,2-10H2,1H3,(H,20,24)/t12-/m0/s1. The van der Waals surface area contributed by atoms with E-state index in [1.54, 1.807) is 6.92 Å². The number of amides is 2. The molecule has 3 heterocycles. The molecule has 0 aromatic carbocycles.